The largest absolute Gasteiger partial charge is 0.492 e. The van der Waals surface area contributed by atoms with Crippen LogP contribution >= 0.6 is 11.8 Å². The smallest absolute Gasteiger partial charge is 0.234 e. The molecule has 34 heavy (non-hydrogen) atoms. The third-order valence-corrected chi connectivity index (χ3v) is 5.69. The quantitative estimate of drug-likeness (QED) is 0.359. The first-order valence-electron chi connectivity index (χ1n) is 10.5. The number of carbonyl (C=O) groups is 1. The second-order valence-electron chi connectivity index (χ2n) is 7.08. The van der Waals surface area contributed by atoms with Crippen molar-refractivity contribution < 1.29 is 13.9 Å². The van der Waals surface area contributed by atoms with Gasteiger partial charge >= 0.3 is 0 Å². The number of carbonyl (C=O) groups excluding carboxylic acids is 1. The first-order valence-corrected chi connectivity index (χ1v) is 11.4. The van der Waals surface area contributed by atoms with Crippen molar-refractivity contribution in [2.24, 2.45) is 0 Å². The van der Waals surface area contributed by atoms with Crippen molar-refractivity contribution in [2.75, 3.05) is 17.7 Å². The highest BCUT2D eigenvalue weighted by Gasteiger charge is 2.18. The highest BCUT2D eigenvalue weighted by Crippen LogP contribution is 2.29. The fourth-order valence-electron chi connectivity index (χ4n) is 3.25. The van der Waals surface area contributed by atoms with Crippen molar-refractivity contribution >= 4 is 23.4 Å². The van der Waals surface area contributed by atoms with Crippen LogP contribution in [0.4, 0.5) is 10.1 Å². The lowest BCUT2D eigenvalue weighted by Crippen LogP contribution is -2.15. The third-order valence-electron chi connectivity index (χ3n) is 4.77. The molecule has 1 amide bonds. The van der Waals surface area contributed by atoms with Gasteiger partial charge in [0.15, 0.2) is 11.0 Å². The summed E-state index contributed by atoms with van der Waals surface area (Å²) >= 11 is 1.21. The summed E-state index contributed by atoms with van der Waals surface area (Å²) in [5, 5.41) is 21.1. The molecule has 0 radical (unpaired) electrons. The molecule has 9 heteroatoms. The Kier molecular flexibility index (Phi) is 7.20. The Morgan fingerprint density at radius 3 is 2.59 bits per heavy atom. The molecule has 0 unspecified atom stereocenters. The summed E-state index contributed by atoms with van der Waals surface area (Å²) in [5.74, 6) is 0.455. The number of nitrogens with zero attached hydrogens (tertiary/aromatic N) is 4. The van der Waals surface area contributed by atoms with Crippen molar-refractivity contribution in [2.45, 2.75) is 12.1 Å². The van der Waals surface area contributed by atoms with E-state index in [0.29, 0.717) is 40.2 Å². The minimum absolute atomic E-state index is 0.0523. The molecule has 0 spiro atoms. The summed E-state index contributed by atoms with van der Waals surface area (Å²) in [5.41, 5.74) is 2.36. The van der Waals surface area contributed by atoms with Gasteiger partial charge in [-0.25, -0.2) is 4.39 Å². The first-order chi connectivity index (χ1) is 16.6. The van der Waals surface area contributed by atoms with Gasteiger partial charge in [-0.3, -0.25) is 9.36 Å². The Morgan fingerprint density at radius 2 is 1.88 bits per heavy atom. The molecule has 1 N–H and O–H groups in total. The predicted molar refractivity (Wildman–Crippen MR) is 128 cm³/mol. The zero-order chi connectivity index (χ0) is 23.9. The summed E-state index contributed by atoms with van der Waals surface area (Å²) in [6.45, 7) is 2.27. The van der Waals surface area contributed by atoms with E-state index in [4.69, 9.17) is 4.74 Å². The van der Waals surface area contributed by atoms with Crippen molar-refractivity contribution in [1.82, 2.24) is 14.8 Å². The van der Waals surface area contributed by atoms with Crippen LogP contribution in [0.15, 0.2) is 78.0 Å². The number of hydrogen-bond acceptors (Lipinski definition) is 6. The highest BCUT2D eigenvalue weighted by molar-refractivity contribution is 7.99. The summed E-state index contributed by atoms with van der Waals surface area (Å²) < 4.78 is 20.8. The number of nitriles is 1. The predicted octanol–water partition coefficient (Wildman–Crippen LogP) is 5.07. The molecular formula is C25H20FN5O2S. The van der Waals surface area contributed by atoms with Gasteiger partial charge in [0.05, 0.1) is 29.7 Å². The van der Waals surface area contributed by atoms with Gasteiger partial charge in [-0.1, -0.05) is 30.0 Å². The number of benzene rings is 3. The number of thioether (sulfide) groups is 1. The average molecular weight is 474 g/mol. The molecule has 1 aromatic heterocycles. The van der Waals surface area contributed by atoms with E-state index in [-0.39, 0.29) is 17.5 Å². The van der Waals surface area contributed by atoms with E-state index >= 15 is 0 Å². The molecular weight excluding hydrogens is 453 g/mol. The molecule has 3 aromatic carbocycles. The molecule has 0 bridgehead atoms. The van der Waals surface area contributed by atoms with E-state index in [0.717, 1.165) is 5.69 Å². The van der Waals surface area contributed by atoms with E-state index in [9.17, 15) is 14.4 Å². The Morgan fingerprint density at radius 1 is 1.12 bits per heavy atom. The summed E-state index contributed by atoms with van der Waals surface area (Å²) in [6, 6.07) is 22.4. The van der Waals surface area contributed by atoms with Crippen LogP contribution in [0.3, 0.4) is 0 Å². The number of aromatic nitrogens is 3. The highest BCUT2D eigenvalue weighted by atomic mass is 32.2. The molecule has 0 fully saturated rings. The third kappa shape index (κ3) is 5.24. The number of rotatable bonds is 8. The number of hydrogen-bond donors (Lipinski definition) is 1. The molecule has 7 nitrogen and oxygen atoms in total. The van der Waals surface area contributed by atoms with Gasteiger partial charge in [-0.2, -0.15) is 5.26 Å². The number of para-hydroxylation sites is 1. The second-order valence-corrected chi connectivity index (χ2v) is 8.02. The standard InChI is InChI=1S/C25H20FN5O2S/c1-2-33-22-13-8-17(15-27)14-21(22)28-23(32)16-34-25-30-29-24(18-9-11-19(26)12-10-18)31(25)20-6-4-3-5-7-20/h3-14H,2,16H2,1H3,(H,28,32). The van der Waals surface area contributed by atoms with Crippen LogP contribution in [0.5, 0.6) is 5.75 Å². The van der Waals surface area contributed by atoms with Gasteiger partial charge in [0.2, 0.25) is 5.91 Å². The Balaban J connectivity index is 1.57. The second kappa shape index (κ2) is 10.6. The van der Waals surface area contributed by atoms with Crippen LogP contribution in [-0.4, -0.2) is 33.0 Å². The van der Waals surface area contributed by atoms with Crippen LogP contribution in [-0.2, 0) is 4.79 Å². The Bertz CT molecular complexity index is 1330. The summed E-state index contributed by atoms with van der Waals surface area (Å²) in [7, 11) is 0. The minimum Gasteiger partial charge on any atom is -0.492 e. The molecule has 0 aliphatic rings. The van der Waals surface area contributed by atoms with E-state index in [1.165, 1.54) is 23.9 Å². The average Bonchev–Trinajstić information content (AvgIpc) is 3.29. The SMILES string of the molecule is CCOc1ccc(C#N)cc1NC(=O)CSc1nnc(-c2ccc(F)cc2)n1-c1ccccc1. The van der Waals surface area contributed by atoms with Gasteiger partial charge in [-0.15, -0.1) is 10.2 Å². The fourth-order valence-corrected chi connectivity index (χ4v) is 4.01. The van der Waals surface area contributed by atoms with Crippen molar-refractivity contribution in [3.8, 4) is 28.9 Å². The van der Waals surface area contributed by atoms with E-state index < -0.39 is 0 Å². The molecule has 0 aliphatic heterocycles. The normalized spacial score (nSPS) is 10.5. The zero-order valence-corrected chi connectivity index (χ0v) is 19.1. The lowest BCUT2D eigenvalue weighted by Gasteiger charge is -2.12. The molecule has 0 atom stereocenters. The van der Waals surface area contributed by atoms with E-state index in [1.807, 2.05) is 41.8 Å². The molecule has 0 aliphatic carbocycles. The van der Waals surface area contributed by atoms with Crippen LogP contribution < -0.4 is 10.1 Å². The number of nitrogens with one attached hydrogen (secondary N) is 1. The molecule has 1 heterocycles. The maximum absolute atomic E-state index is 13.4. The first kappa shape index (κ1) is 23.0. The van der Waals surface area contributed by atoms with Gasteiger partial charge in [0, 0.05) is 11.3 Å². The van der Waals surface area contributed by atoms with Gasteiger partial charge in [-0.05, 0) is 61.5 Å². The molecule has 170 valence electrons. The van der Waals surface area contributed by atoms with Crippen LogP contribution in [0, 0.1) is 17.1 Å². The Labute approximate surface area is 200 Å². The fraction of sp³-hybridized carbons (Fsp3) is 0.120. The van der Waals surface area contributed by atoms with Crippen LogP contribution in [0.25, 0.3) is 17.1 Å². The lowest BCUT2D eigenvalue weighted by atomic mass is 10.2. The Hall–Kier alpha value is -4.16. The monoisotopic (exact) mass is 473 g/mol. The summed E-state index contributed by atoms with van der Waals surface area (Å²) in [6.07, 6.45) is 0. The molecule has 4 rings (SSSR count). The van der Waals surface area contributed by atoms with Crippen molar-refractivity contribution in [3.05, 3.63) is 84.2 Å². The van der Waals surface area contributed by atoms with Gasteiger partial charge in [0.25, 0.3) is 0 Å². The number of ether oxygens (including phenoxy) is 1. The van der Waals surface area contributed by atoms with Crippen LogP contribution in [0.2, 0.25) is 0 Å². The van der Waals surface area contributed by atoms with Crippen molar-refractivity contribution in [3.63, 3.8) is 0 Å². The maximum Gasteiger partial charge on any atom is 0.234 e. The minimum atomic E-state index is -0.340. The van der Waals surface area contributed by atoms with Gasteiger partial charge < -0.3 is 10.1 Å². The van der Waals surface area contributed by atoms with Crippen LogP contribution in [0.1, 0.15) is 12.5 Å². The number of halogens is 1. The number of amides is 1. The summed E-state index contributed by atoms with van der Waals surface area (Å²) in [4.78, 5) is 12.7. The van der Waals surface area contributed by atoms with Crippen molar-refractivity contribution in [1.29, 1.82) is 5.26 Å². The molecule has 0 saturated carbocycles. The topological polar surface area (TPSA) is 92.8 Å². The zero-order valence-electron chi connectivity index (χ0n) is 18.2. The van der Waals surface area contributed by atoms with E-state index in [1.54, 1.807) is 30.3 Å². The molecule has 0 saturated heterocycles. The van der Waals surface area contributed by atoms with E-state index in [2.05, 4.69) is 21.6 Å². The van der Waals surface area contributed by atoms with Gasteiger partial charge in [0.1, 0.15) is 11.6 Å². The maximum atomic E-state index is 13.4. The number of anilines is 1. The molecule has 4 aromatic rings. The lowest BCUT2D eigenvalue weighted by molar-refractivity contribution is -0.113.